The van der Waals surface area contributed by atoms with Crippen LogP contribution >= 0.6 is 15.9 Å². The lowest BCUT2D eigenvalue weighted by Gasteiger charge is -2.43. The number of likely N-dealkylation sites (tertiary alicyclic amines) is 2. The van der Waals surface area contributed by atoms with Crippen LogP contribution in [0.1, 0.15) is 24.8 Å². The van der Waals surface area contributed by atoms with Gasteiger partial charge in [-0.3, -0.25) is 19.3 Å². The van der Waals surface area contributed by atoms with Crippen LogP contribution in [0, 0.1) is 11.8 Å². The number of rotatable bonds is 5. The van der Waals surface area contributed by atoms with Crippen molar-refractivity contribution in [2.24, 2.45) is 11.8 Å². The molecule has 7 heteroatoms. The van der Waals surface area contributed by atoms with Crippen molar-refractivity contribution in [1.82, 2.24) is 9.80 Å². The standard InChI is InChI=1S/C21H23BrN2O4/c1-28-18-8-7-14(22)10-13(18)6-9-19(25)23-11-15(12-23)24-20(26)16-4-2-3-5-17(16)21(24)27/h2-3,7-8,10,15-17H,4-6,9,11-12H2,1H3. The molecule has 2 aliphatic heterocycles. The molecule has 2 saturated heterocycles. The smallest absolute Gasteiger partial charge is 0.233 e. The van der Waals surface area contributed by atoms with E-state index in [1.165, 1.54) is 4.90 Å². The summed E-state index contributed by atoms with van der Waals surface area (Å²) in [4.78, 5) is 40.9. The fourth-order valence-electron chi connectivity index (χ4n) is 4.35. The number of ether oxygens (including phenoxy) is 1. The van der Waals surface area contributed by atoms with E-state index in [2.05, 4.69) is 15.9 Å². The second kappa shape index (κ2) is 7.70. The van der Waals surface area contributed by atoms with Gasteiger partial charge in [-0.1, -0.05) is 28.1 Å². The summed E-state index contributed by atoms with van der Waals surface area (Å²) in [5, 5.41) is 0. The van der Waals surface area contributed by atoms with Crippen molar-refractivity contribution in [2.75, 3.05) is 20.2 Å². The molecule has 6 nitrogen and oxygen atoms in total. The Kier molecular flexibility index (Phi) is 5.27. The maximum Gasteiger partial charge on any atom is 0.233 e. The van der Waals surface area contributed by atoms with Gasteiger partial charge in [0, 0.05) is 24.0 Å². The van der Waals surface area contributed by atoms with E-state index < -0.39 is 0 Å². The van der Waals surface area contributed by atoms with Gasteiger partial charge in [-0.2, -0.15) is 0 Å². The van der Waals surface area contributed by atoms with Crippen LogP contribution in [0.3, 0.4) is 0 Å². The minimum atomic E-state index is -0.203. The summed E-state index contributed by atoms with van der Waals surface area (Å²) < 4.78 is 6.30. The zero-order valence-electron chi connectivity index (χ0n) is 15.8. The van der Waals surface area contributed by atoms with Gasteiger partial charge in [-0.25, -0.2) is 0 Å². The van der Waals surface area contributed by atoms with Crippen LogP contribution in [0.15, 0.2) is 34.8 Å². The molecule has 2 heterocycles. The third-order valence-corrected chi connectivity index (χ3v) is 6.47. The Labute approximate surface area is 172 Å². The number of imide groups is 1. The summed E-state index contributed by atoms with van der Waals surface area (Å²) in [5.74, 6) is 0.279. The van der Waals surface area contributed by atoms with E-state index >= 15 is 0 Å². The van der Waals surface area contributed by atoms with Crippen molar-refractivity contribution in [2.45, 2.75) is 31.7 Å². The Bertz CT molecular complexity index is 821. The zero-order chi connectivity index (χ0) is 19.8. The highest BCUT2D eigenvalue weighted by Gasteiger charge is 2.52. The Hall–Kier alpha value is -2.15. The number of amides is 3. The molecular weight excluding hydrogens is 424 g/mol. The number of halogens is 1. The number of methoxy groups -OCH3 is 1. The van der Waals surface area contributed by atoms with Crippen LogP contribution in [0.25, 0.3) is 0 Å². The Morgan fingerprint density at radius 1 is 1.14 bits per heavy atom. The molecule has 0 radical (unpaired) electrons. The van der Waals surface area contributed by atoms with Crippen molar-refractivity contribution in [3.05, 3.63) is 40.4 Å². The normalized spacial score (nSPS) is 24.4. The quantitative estimate of drug-likeness (QED) is 0.514. The highest BCUT2D eigenvalue weighted by atomic mass is 79.9. The molecule has 148 valence electrons. The lowest BCUT2D eigenvalue weighted by Crippen LogP contribution is -2.62. The van der Waals surface area contributed by atoms with Gasteiger partial charge in [0.2, 0.25) is 17.7 Å². The first-order valence-corrected chi connectivity index (χ1v) is 10.4. The fraction of sp³-hybridized carbons (Fsp3) is 0.476. The topological polar surface area (TPSA) is 66.9 Å². The lowest BCUT2D eigenvalue weighted by atomic mass is 9.85. The molecule has 0 bridgehead atoms. The molecule has 3 aliphatic rings. The largest absolute Gasteiger partial charge is 0.496 e. The Morgan fingerprint density at radius 3 is 2.39 bits per heavy atom. The van der Waals surface area contributed by atoms with Crippen molar-refractivity contribution in [1.29, 1.82) is 0 Å². The van der Waals surface area contributed by atoms with Gasteiger partial charge in [-0.15, -0.1) is 0 Å². The van der Waals surface area contributed by atoms with Gasteiger partial charge in [0.1, 0.15) is 5.75 Å². The first kappa shape index (κ1) is 19.2. The first-order valence-electron chi connectivity index (χ1n) is 9.61. The van der Waals surface area contributed by atoms with Gasteiger partial charge >= 0.3 is 0 Å². The van der Waals surface area contributed by atoms with E-state index in [-0.39, 0.29) is 35.6 Å². The number of aryl methyl sites for hydroxylation is 1. The molecule has 0 spiro atoms. The van der Waals surface area contributed by atoms with Crippen molar-refractivity contribution in [3.8, 4) is 5.75 Å². The predicted molar refractivity (Wildman–Crippen MR) is 107 cm³/mol. The molecule has 1 aliphatic carbocycles. The summed E-state index contributed by atoms with van der Waals surface area (Å²) >= 11 is 3.44. The average Bonchev–Trinajstić information content (AvgIpc) is 2.91. The van der Waals surface area contributed by atoms with Gasteiger partial charge in [-0.05, 0) is 43.0 Å². The van der Waals surface area contributed by atoms with Crippen LogP contribution in [-0.4, -0.2) is 53.8 Å². The first-order chi connectivity index (χ1) is 13.5. The number of hydrogen-bond acceptors (Lipinski definition) is 4. The summed E-state index contributed by atoms with van der Waals surface area (Å²) in [6.45, 7) is 0.887. The molecule has 2 atom stereocenters. The molecule has 0 saturated carbocycles. The van der Waals surface area contributed by atoms with E-state index in [4.69, 9.17) is 4.74 Å². The molecule has 1 aromatic carbocycles. The van der Waals surface area contributed by atoms with Gasteiger partial charge in [0.25, 0.3) is 0 Å². The predicted octanol–water partition coefficient (Wildman–Crippen LogP) is 2.55. The van der Waals surface area contributed by atoms with Crippen LogP contribution in [0.2, 0.25) is 0 Å². The summed E-state index contributed by atoms with van der Waals surface area (Å²) in [6.07, 6.45) is 6.23. The second-order valence-electron chi connectivity index (χ2n) is 7.61. The van der Waals surface area contributed by atoms with E-state index in [0.29, 0.717) is 38.8 Å². The van der Waals surface area contributed by atoms with E-state index in [0.717, 1.165) is 15.8 Å². The number of fused-ring (bicyclic) bond motifs is 1. The lowest BCUT2D eigenvalue weighted by molar-refractivity contribution is -0.152. The van der Waals surface area contributed by atoms with Crippen LogP contribution in [-0.2, 0) is 20.8 Å². The molecule has 0 aromatic heterocycles. The van der Waals surface area contributed by atoms with Crippen molar-refractivity contribution in [3.63, 3.8) is 0 Å². The number of carbonyl (C=O) groups excluding carboxylic acids is 3. The van der Waals surface area contributed by atoms with Gasteiger partial charge < -0.3 is 9.64 Å². The summed E-state index contributed by atoms with van der Waals surface area (Å²) in [5.41, 5.74) is 0.976. The highest BCUT2D eigenvalue weighted by Crippen LogP contribution is 2.37. The van der Waals surface area contributed by atoms with E-state index in [9.17, 15) is 14.4 Å². The molecular formula is C21H23BrN2O4. The minimum Gasteiger partial charge on any atom is -0.496 e. The van der Waals surface area contributed by atoms with E-state index in [1.807, 2.05) is 30.4 Å². The average molecular weight is 447 g/mol. The Morgan fingerprint density at radius 2 is 1.79 bits per heavy atom. The molecule has 2 fully saturated rings. The zero-order valence-corrected chi connectivity index (χ0v) is 17.4. The molecule has 0 N–H and O–H groups in total. The molecule has 28 heavy (non-hydrogen) atoms. The number of nitrogens with zero attached hydrogens (tertiary/aromatic N) is 2. The maximum absolute atomic E-state index is 12.6. The second-order valence-corrected chi connectivity index (χ2v) is 8.53. The summed E-state index contributed by atoms with van der Waals surface area (Å²) in [6, 6.07) is 5.57. The number of carbonyl (C=O) groups is 3. The number of hydrogen-bond donors (Lipinski definition) is 0. The highest BCUT2D eigenvalue weighted by molar-refractivity contribution is 9.10. The summed E-state index contributed by atoms with van der Waals surface area (Å²) in [7, 11) is 1.62. The molecule has 2 unspecified atom stereocenters. The van der Waals surface area contributed by atoms with Crippen molar-refractivity contribution < 1.29 is 19.1 Å². The van der Waals surface area contributed by atoms with E-state index in [1.54, 1.807) is 12.0 Å². The SMILES string of the molecule is COc1ccc(Br)cc1CCC(=O)N1CC(N2C(=O)C3CC=CCC3C2=O)C1. The minimum absolute atomic E-state index is 0.0384. The maximum atomic E-state index is 12.6. The van der Waals surface area contributed by atoms with Crippen LogP contribution < -0.4 is 4.74 Å². The van der Waals surface area contributed by atoms with Gasteiger partial charge in [0.05, 0.1) is 25.0 Å². The third kappa shape index (κ3) is 3.36. The third-order valence-electron chi connectivity index (χ3n) is 5.97. The number of allylic oxidation sites excluding steroid dienone is 2. The number of benzene rings is 1. The molecule has 1 aromatic rings. The fourth-order valence-corrected chi connectivity index (χ4v) is 4.76. The Balaban J connectivity index is 1.32. The van der Waals surface area contributed by atoms with Crippen molar-refractivity contribution >= 4 is 33.7 Å². The monoisotopic (exact) mass is 446 g/mol. The molecule has 4 rings (SSSR count). The van der Waals surface area contributed by atoms with Crippen LogP contribution in [0.4, 0.5) is 0 Å². The van der Waals surface area contributed by atoms with Crippen LogP contribution in [0.5, 0.6) is 5.75 Å². The molecule has 3 amide bonds. The van der Waals surface area contributed by atoms with Gasteiger partial charge in [0.15, 0.2) is 0 Å².